The lowest BCUT2D eigenvalue weighted by molar-refractivity contribution is -0.143. The van der Waals surface area contributed by atoms with Crippen molar-refractivity contribution in [2.24, 2.45) is 0 Å². The highest BCUT2D eigenvalue weighted by atomic mass is 19.1. The van der Waals surface area contributed by atoms with E-state index in [4.69, 9.17) is 4.74 Å². The molecule has 1 aromatic heterocycles. The minimum atomic E-state index is -0.387. The van der Waals surface area contributed by atoms with Crippen molar-refractivity contribution >= 4 is 16.9 Å². The summed E-state index contributed by atoms with van der Waals surface area (Å²) in [5, 5.41) is 0.367. The van der Waals surface area contributed by atoms with Crippen molar-refractivity contribution in [2.75, 3.05) is 6.61 Å². The van der Waals surface area contributed by atoms with Crippen LogP contribution in [0, 0.1) is 5.82 Å². The molecule has 2 aromatic rings. The number of esters is 1. The molecule has 0 N–H and O–H groups in total. The van der Waals surface area contributed by atoms with E-state index in [0.717, 1.165) is 0 Å². The molecule has 4 nitrogen and oxygen atoms in total. The van der Waals surface area contributed by atoms with Crippen LogP contribution in [0.15, 0.2) is 35.1 Å². The molecular formula is C14H14FNO3. The maximum absolute atomic E-state index is 13.6. The van der Waals surface area contributed by atoms with Gasteiger partial charge in [0.05, 0.1) is 18.5 Å². The molecular weight excluding hydrogens is 249 g/mol. The second-order valence-electron chi connectivity index (χ2n) is 4.05. The van der Waals surface area contributed by atoms with Gasteiger partial charge in [0.2, 0.25) is 0 Å². The number of nitrogens with zero attached hydrogens (tertiary/aromatic N) is 1. The van der Waals surface area contributed by atoms with Crippen LogP contribution in [0.5, 0.6) is 0 Å². The Bertz CT molecular complexity index is 663. The van der Waals surface area contributed by atoms with E-state index in [2.05, 4.69) is 0 Å². The molecule has 0 radical (unpaired) electrons. The number of ether oxygens (including phenoxy) is 1. The van der Waals surface area contributed by atoms with Gasteiger partial charge in [-0.15, -0.1) is 0 Å². The van der Waals surface area contributed by atoms with Crippen LogP contribution in [0.3, 0.4) is 0 Å². The van der Waals surface area contributed by atoms with Crippen molar-refractivity contribution in [3.63, 3.8) is 0 Å². The Balaban J connectivity index is 2.37. The first kappa shape index (κ1) is 13.3. The molecule has 1 heterocycles. The Morgan fingerprint density at radius 2 is 2.11 bits per heavy atom. The number of hydrogen-bond acceptors (Lipinski definition) is 3. The van der Waals surface area contributed by atoms with Crippen molar-refractivity contribution in [1.29, 1.82) is 0 Å². The summed E-state index contributed by atoms with van der Waals surface area (Å²) in [6, 6.07) is 7.29. The van der Waals surface area contributed by atoms with Crippen LogP contribution in [-0.4, -0.2) is 17.1 Å². The zero-order chi connectivity index (χ0) is 13.8. The second-order valence-corrected chi connectivity index (χ2v) is 4.05. The Hall–Kier alpha value is -2.17. The fourth-order valence-corrected chi connectivity index (χ4v) is 1.96. The third-order valence-corrected chi connectivity index (χ3v) is 2.82. The van der Waals surface area contributed by atoms with Gasteiger partial charge >= 0.3 is 5.97 Å². The van der Waals surface area contributed by atoms with Gasteiger partial charge in [-0.05, 0) is 25.1 Å². The summed E-state index contributed by atoms with van der Waals surface area (Å²) in [4.78, 5) is 23.1. The highest BCUT2D eigenvalue weighted by molar-refractivity contribution is 5.79. The summed E-state index contributed by atoms with van der Waals surface area (Å²) in [5.74, 6) is -0.759. The molecule has 19 heavy (non-hydrogen) atoms. The number of hydrogen-bond donors (Lipinski definition) is 0. The molecule has 0 unspecified atom stereocenters. The van der Waals surface area contributed by atoms with Gasteiger partial charge in [0.1, 0.15) is 5.82 Å². The number of carbonyl (C=O) groups excluding carboxylic acids is 1. The van der Waals surface area contributed by atoms with Crippen LogP contribution >= 0.6 is 0 Å². The number of benzene rings is 1. The van der Waals surface area contributed by atoms with Crippen molar-refractivity contribution in [1.82, 2.24) is 4.57 Å². The first-order valence-corrected chi connectivity index (χ1v) is 6.07. The Kier molecular flexibility index (Phi) is 3.94. The molecule has 0 spiro atoms. The van der Waals surface area contributed by atoms with Gasteiger partial charge in [-0.2, -0.15) is 0 Å². The van der Waals surface area contributed by atoms with Gasteiger partial charge in [0.15, 0.2) is 0 Å². The zero-order valence-electron chi connectivity index (χ0n) is 10.6. The lowest BCUT2D eigenvalue weighted by Gasteiger charge is -2.10. The number of fused-ring (bicyclic) bond motifs is 1. The van der Waals surface area contributed by atoms with Crippen LogP contribution in [0.4, 0.5) is 4.39 Å². The lowest BCUT2D eigenvalue weighted by atomic mass is 10.2. The number of carbonyl (C=O) groups is 1. The first-order chi connectivity index (χ1) is 9.13. The van der Waals surface area contributed by atoms with E-state index in [1.165, 1.54) is 28.8 Å². The summed E-state index contributed by atoms with van der Waals surface area (Å²) in [5.41, 5.74) is 0.221. The number of halogens is 1. The standard InChI is InChI=1S/C14H14FNO3/c1-2-19-14(18)8-9-16-12-5-3-4-11(15)10(12)6-7-13(16)17/h3-7H,2,8-9H2,1H3. The molecule has 0 amide bonds. The number of aryl methyl sites for hydroxylation is 1. The fourth-order valence-electron chi connectivity index (χ4n) is 1.96. The summed E-state index contributed by atoms with van der Waals surface area (Å²) < 4.78 is 19.8. The highest BCUT2D eigenvalue weighted by Gasteiger charge is 2.08. The molecule has 0 saturated carbocycles. The van der Waals surface area contributed by atoms with E-state index in [9.17, 15) is 14.0 Å². The Labute approximate surface area is 109 Å². The molecule has 2 rings (SSSR count). The zero-order valence-corrected chi connectivity index (χ0v) is 10.6. The fraction of sp³-hybridized carbons (Fsp3) is 0.286. The van der Waals surface area contributed by atoms with E-state index in [1.807, 2.05) is 0 Å². The molecule has 5 heteroatoms. The van der Waals surface area contributed by atoms with Crippen LogP contribution in [0.2, 0.25) is 0 Å². The topological polar surface area (TPSA) is 48.3 Å². The molecule has 0 aliphatic carbocycles. The van der Waals surface area contributed by atoms with E-state index < -0.39 is 0 Å². The van der Waals surface area contributed by atoms with Crippen LogP contribution in [0.25, 0.3) is 10.9 Å². The minimum absolute atomic E-state index is 0.0867. The molecule has 0 saturated heterocycles. The third kappa shape index (κ3) is 2.81. The molecule has 100 valence electrons. The van der Waals surface area contributed by atoms with Crippen molar-refractivity contribution in [3.05, 3.63) is 46.5 Å². The first-order valence-electron chi connectivity index (χ1n) is 6.07. The van der Waals surface area contributed by atoms with Gasteiger partial charge in [0.25, 0.3) is 5.56 Å². The predicted molar refractivity (Wildman–Crippen MR) is 69.4 cm³/mol. The monoisotopic (exact) mass is 263 g/mol. The normalized spacial score (nSPS) is 10.6. The van der Waals surface area contributed by atoms with Gasteiger partial charge < -0.3 is 9.30 Å². The lowest BCUT2D eigenvalue weighted by Crippen LogP contribution is -2.21. The van der Waals surface area contributed by atoms with E-state index >= 15 is 0 Å². The van der Waals surface area contributed by atoms with Crippen LogP contribution in [-0.2, 0) is 16.1 Å². The second kappa shape index (κ2) is 5.65. The SMILES string of the molecule is CCOC(=O)CCn1c(=O)ccc2c(F)cccc21. The van der Waals surface area contributed by atoms with E-state index in [0.29, 0.717) is 17.5 Å². The van der Waals surface area contributed by atoms with Crippen LogP contribution in [0.1, 0.15) is 13.3 Å². The number of aromatic nitrogens is 1. The number of rotatable bonds is 4. The molecule has 0 atom stereocenters. The highest BCUT2D eigenvalue weighted by Crippen LogP contribution is 2.15. The smallest absolute Gasteiger partial charge is 0.307 e. The van der Waals surface area contributed by atoms with Crippen molar-refractivity contribution < 1.29 is 13.9 Å². The molecule has 0 aliphatic rings. The van der Waals surface area contributed by atoms with Gasteiger partial charge in [-0.1, -0.05) is 6.07 Å². The Morgan fingerprint density at radius 3 is 2.84 bits per heavy atom. The molecule has 0 fully saturated rings. The van der Waals surface area contributed by atoms with Crippen molar-refractivity contribution in [2.45, 2.75) is 19.9 Å². The van der Waals surface area contributed by atoms with Gasteiger partial charge in [-0.3, -0.25) is 9.59 Å². The molecule has 1 aromatic carbocycles. The van der Waals surface area contributed by atoms with Gasteiger partial charge in [-0.25, -0.2) is 4.39 Å². The average Bonchev–Trinajstić information content (AvgIpc) is 2.38. The van der Waals surface area contributed by atoms with Gasteiger partial charge in [0, 0.05) is 18.0 Å². The summed E-state index contributed by atoms with van der Waals surface area (Å²) >= 11 is 0. The maximum atomic E-state index is 13.6. The maximum Gasteiger partial charge on any atom is 0.307 e. The van der Waals surface area contributed by atoms with E-state index in [-0.39, 0.29) is 30.3 Å². The number of pyridine rings is 1. The predicted octanol–water partition coefficient (Wildman–Crippen LogP) is 2.09. The quantitative estimate of drug-likeness (QED) is 0.794. The van der Waals surface area contributed by atoms with Crippen molar-refractivity contribution in [3.8, 4) is 0 Å². The third-order valence-electron chi connectivity index (χ3n) is 2.82. The Morgan fingerprint density at radius 1 is 1.32 bits per heavy atom. The minimum Gasteiger partial charge on any atom is -0.466 e. The summed E-state index contributed by atoms with van der Waals surface area (Å²) in [7, 11) is 0. The summed E-state index contributed by atoms with van der Waals surface area (Å²) in [6.07, 6.45) is 0.0867. The van der Waals surface area contributed by atoms with E-state index in [1.54, 1.807) is 13.0 Å². The molecule has 0 bridgehead atoms. The largest absolute Gasteiger partial charge is 0.466 e. The molecule has 0 aliphatic heterocycles. The van der Waals surface area contributed by atoms with Crippen LogP contribution < -0.4 is 5.56 Å². The summed E-state index contributed by atoms with van der Waals surface area (Å²) in [6.45, 7) is 2.20. The average molecular weight is 263 g/mol.